The average Bonchev–Trinajstić information content (AvgIpc) is 3.25. The van der Waals surface area contributed by atoms with Gasteiger partial charge in [0, 0.05) is 39.5 Å². The van der Waals surface area contributed by atoms with E-state index in [4.69, 9.17) is 9.26 Å². The summed E-state index contributed by atoms with van der Waals surface area (Å²) in [6.07, 6.45) is 1.46. The number of aryl methyl sites for hydroxylation is 1. The zero-order valence-corrected chi connectivity index (χ0v) is 18.7. The normalized spacial score (nSPS) is 14.1. The number of amides is 3. The highest BCUT2D eigenvalue weighted by Gasteiger charge is 2.25. The Morgan fingerprint density at radius 1 is 1.16 bits per heavy atom. The molecule has 10 nitrogen and oxygen atoms in total. The molecule has 0 radical (unpaired) electrons. The predicted molar refractivity (Wildman–Crippen MR) is 116 cm³/mol. The highest BCUT2D eigenvalue weighted by Crippen LogP contribution is 2.24. The highest BCUT2D eigenvalue weighted by molar-refractivity contribution is 6.05. The van der Waals surface area contributed by atoms with Crippen LogP contribution >= 0.6 is 0 Å². The van der Waals surface area contributed by atoms with Crippen molar-refractivity contribution in [3.8, 4) is 0 Å². The molecule has 3 amide bonds. The van der Waals surface area contributed by atoms with Gasteiger partial charge in [-0.15, -0.1) is 0 Å². The van der Waals surface area contributed by atoms with Crippen LogP contribution in [0.3, 0.4) is 0 Å². The van der Waals surface area contributed by atoms with Gasteiger partial charge in [-0.1, -0.05) is 23.4 Å². The van der Waals surface area contributed by atoms with E-state index in [-0.39, 0.29) is 30.6 Å². The number of hydrogen-bond donors (Lipinski definition) is 1. The molecule has 10 heteroatoms. The largest absolute Gasteiger partial charge is 0.381 e. The number of para-hydroxylation sites is 1. The second kappa shape index (κ2) is 10.9. The minimum atomic E-state index is -0.453. The van der Waals surface area contributed by atoms with Crippen LogP contribution in [0.2, 0.25) is 0 Å². The first-order valence-corrected chi connectivity index (χ1v) is 10.6. The molecule has 172 valence electrons. The van der Waals surface area contributed by atoms with Crippen molar-refractivity contribution in [3.05, 3.63) is 41.5 Å². The lowest BCUT2D eigenvalue weighted by atomic mass is 9.98. The number of ether oxygens (including phenoxy) is 1. The Kier molecular flexibility index (Phi) is 7.93. The van der Waals surface area contributed by atoms with Gasteiger partial charge in [-0.25, -0.2) is 0 Å². The lowest BCUT2D eigenvalue weighted by Gasteiger charge is -2.31. The second-order valence-corrected chi connectivity index (χ2v) is 8.02. The summed E-state index contributed by atoms with van der Waals surface area (Å²) in [5.74, 6) is -0.827. The molecule has 0 aliphatic carbocycles. The molecule has 0 unspecified atom stereocenters. The molecule has 2 aromatic rings. The Morgan fingerprint density at radius 3 is 2.56 bits per heavy atom. The first kappa shape index (κ1) is 23.4. The van der Waals surface area contributed by atoms with Gasteiger partial charge in [0.05, 0.1) is 6.54 Å². The topological polar surface area (TPSA) is 118 Å². The van der Waals surface area contributed by atoms with Crippen LogP contribution < -0.4 is 10.2 Å². The summed E-state index contributed by atoms with van der Waals surface area (Å²) in [6, 6.07) is 7.65. The molecule has 3 rings (SSSR count). The van der Waals surface area contributed by atoms with Crippen molar-refractivity contribution in [1.82, 2.24) is 20.4 Å². The van der Waals surface area contributed by atoms with Gasteiger partial charge in [0.2, 0.25) is 11.8 Å². The lowest BCUT2D eigenvalue weighted by Crippen LogP contribution is -2.40. The van der Waals surface area contributed by atoms with Crippen molar-refractivity contribution < 1.29 is 23.6 Å². The molecule has 1 saturated heterocycles. The first-order valence-electron chi connectivity index (χ1n) is 10.6. The predicted octanol–water partition coefficient (Wildman–Crippen LogP) is 1.55. The number of rotatable bonds is 8. The SMILES string of the molecule is Cc1ccccc1N(CC1CCOCC1)C(=O)CC(=O)NCc1noc(C(=O)N(C)C)n1. The summed E-state index contributed by atoms with van der Waals surface area (Å²) in [6.45, 7) is 3.82. The monoisotopic (exact) mass is 443 g/mol. The molecule has 0 spiro atoms. The van der Waals surface area contributed by atoms with Gasteiger partial charge in [0.25, 0.3) is 0 Å². The van der Waals surface area contributed by atoms with E-state index in [1.165, 1.54) is 4.90 Å². The number of benzene rings is 1. The van der Waals surface area contributed by atoms with E-state index in [0.29, 0.717) is 25.7 Å². The maximum atomic E-state index is 13.1. The van der Waals surface area contributed by atoms with E-state index in [9.17, 15) is 14.4 Å². The van der Waals surface area contributed by atoms with Crippen LogP contribution in [0.5, 0.6) is 0 Å². The zero-order valence-electron chi connectivity index (χ0n) is 18.7. The standard InChI is InChI=1S/C22H29N5O5/c1-15-6-4-5-7-17(15)27(14-16-8-10-31-11-9-16)20(29)12-19(28)23-13-18-24-21(32-25-18)22(30)26(2)3/h4-7,16H,8-14H2,1-3H3,(H,23,28). The quantitative estimate of drug-likeness (QED) is 0.615. The van der Waals surface area contributed by atoms with E-state index in [1.807, 2.05) is 31.2 Å². The van der Waals surface area contributed by atoms with Gasteiger partial charge < -0.3 is 24.4 Å². The molecule has 0 bridgehead atoms. The van der Waals surface area contributed by atoms with Crippen molar-refractivity contribution in [2.75, 3.05) is 38.8 Å². The number of aromatic nitrogens is 2. The van der Waals surface area contributed by atoms with Crippen LogP contribution in [-0.4, -0.2) is 66.6 Å². The third-order valence-electron chi connectivity index (χ3n) is 5.30. The number of carbonyl (C=O) groups excluding carboxylic acids is 3. The van der Waals surface area contributed by atoms with E-state index >= 15 is 0 Å². The molecule has 1 N–H and O–H groups in total. The molecule has 1 aliphatic rings. The molecule has 1 fully saturated rings. The lowest BCUT2D eigenvalue weighted by molar-refractivity contribution is -0.128. The minimum absolute atomic E-state index is 0.0410. The Morgan fingerprint density at radius 2 is 1.88 bits per heavy atom. The Labute approximate surface area is 186 Å². The number of nitrogens with zero attached hydrogens (tertiary/aromatic N) is 4. The molecular weight excluding hydrogens is 414 g/mol. The number of hydrogen-bond acceptors (Lipinski definition) is 7. The summed E-state index contributed by atoms with van der Waals surface area (Å²) in [5, 5.41) is 6.31. The van der Waals surface area contributed by atoms with Gasteiger partial charge in [-0.05, 0) is 37.3 Å². The fourth-order valence-electron chi connectivity index (χ4n) is 3.46. The van der Waals surface area contributed by atoms with E-state index in [1.54, 1.807) is 19.0 Å². The Balaban J connectivity index is 1.61. The van der Waals surface area contributed by atoms with Gasteiger partial charge in [-0.2, -0.15) is 4.98 Å². The molecule has 0 atom stereocenters. The van der Waals surface area contributed by atoms with E-state index < -0.39 is 11.8 Å². The summed E-state index contributed by atoms with van der Waals surface area (Å²) in [7, 11) is 3.14. The third-order valence-corrected chi connectivity index (χ3v) is 5.30. The Bertz CT molecular complexity index is 952. The van der Waals surface area contributed by atoms with Crippen LogP contribution in [0, 0.1) is 12.8 Å². The van der Waals surface area contributed by atoms with Gasteiger partial charge in [-0.3, -0.25) is 14.4 Å². The van der Waals surface area contributed by atoms with Crippen molar-refractivity contribution in [2.45, 2.75) is 32.7 Å². The minimum Gasteiger partial charge on any atom is -0.381 e. The smallest absolute Gasteiger partial charge is 0.316 e. The first-order chi connectivity index (χ1) is 15.3. The highest BCUT2D eigenvalue weighted by atomic mass is 16.5. The van der Waals surface area contributed by atoms with Gasteiger partial charge in [0.1, 0.15) is 6.42 Å². The molecule has 32 heavy (non-hydrogen) atoms. The fourth-order valence-corrected chi connectivity index (χ4v) is 3.46. The van der Waals surface area contributed by atoms with Crippen LogP contribution in [0.1, 0.15) is 41.3 Å². The maximum Gasteiger partial charge on any atom is 0.316 e. The second-order valence-electron chi connectivity index (χ2n) is 8.02. The molecule has 1 aromatic carbocycles. The van der Waals surface area contributed by atoms with Crippen LogP contribution in [-0.2, 0) is 20.9 Å². The van der Waals surface area contributed by atoms with E-state index in [2.05, 4.69) is 15.5 Å². The van der Waals surface area contributed by atoms with Crippen LogP contribution in [0.4, 0.5) is 5.69 Å². The number of anilines is 1. The zero-order chi connectivity index (χ0) is 23.1. The summed E-state index contributed by atoms with van der Waals surface area (Å²) in [4.78, 5) is 44.3. The number of nitrogens with one attached hydrogen (secondary N) is 1. The molecule has 0 saturated carbocycles. The van der Waals surface area contributed by atoms with Crippen molar-refractivity contribution >= 4 is 23.4 Å². The molecular formula is C22H29N5O5. The summed E-state index contributed by atoms with van der Waals surface area (Å²) < 4.78 is 10.3. The molecule has 1 aromatic heterocycles. The number of carbonyl (C=O) groups is 3. The molecule has 2 heterocycles. The van der Waals surface area contributed by atoms with Gasteiger partial charge in [0.15, 0.2) is 5.82 Å². The fraction of sp³-hybridized carbons (Fsp3) is 0.500. The maximum absolute atomic E-state index is 13.1. The van der Waals surface area contributed by atoms with E-state index in [0.717, 1.165) is 24.1 Å². The molecule has 1 aliphatic heterocycles. The Hall–Kier alpha value is -3.27. The van der Waals surface area contributed by atoms with Gasteiger partial charge >= 0.3 is 11.8 Å². The van der Waals surface area contributed by atoms with Crippen molar-refractivity contribution in [2.24, 2.45) is 5.92 Å². The van der Waals surface area contributed by atoms with Crippen molar-refractivity contribution in [3.63, 3.8) is 0 Å². The average molecular weight is 444 g/mol. The van der Waals surface area contributed by atoms with Crippen molar-refractivity contribution in [1.29, 1.82) is 0 Å². The summed E-state index contributed by atoms with van der Waals surface area (Å²) >= 11 is 0. The van der Waals surface area contributed by atoms with Crippen LogP contribution in [0.25, 0.3) is 0 Å². The third kappa shape index (κ3) is 6.13. The van der Waals surface area contributed by atoms with Crippen LogP contribution in [0.15, 0.2) is 28.8 Å². The summed E-state index contributed by atoms with van der Waals surface area (Å²) in [5.41, 5.74) is 1.78.